The average Bonchev–Trinajstić information content (AvgIpc) is 3.17. The lowest BCUT2D eigenvalue weighted by atomic mass is 10.1. The van der Waals surface area contributed by atoms with Crippen molar-refractivity contribution in [3.63, 3.8) is 0 Å². The number of hydrogen-bond donors (Lipinski definition) is 1. The molecule has 2 amide bonds. The van der Waals surface area contributed by atoms with Gasteiger partial charge in [0.25, 0.3) is 0 Å². The van der Waals surface area contributed by atoms with Gasteiger partial charge in [-0.05, 0) is 24.3 Å². The number of hydrogen-bond acceptors (Lipinski definition) is 4. The molecule has 0 aliphatic carbocycles. The molecule has 1 unspecified atom stereocenters. The number of urea groups is 1. The summed E-state index contributed by atoms with van der Waals surface area (Å²) < 4.78 is 5.42. The summed E-state index contributed by atoms with van der Waals surface area (Å²) in [6.45, 7) is 2.81. The van der Waals surface area contributed by atoms with Gasteiger partial charge in [-0.1, -0.05) is 13.0 Å². The summed E-state index contributed by atoms with van der Waals surface area (Å²) >= 11 is 1.70. The number of Topliss-reactive ketones (excluding diaryl/α,β-unsaturated/α-hetero) is 1. The number of carbonyl (C=O) groups is 2. The molecule has 6 heteroatoms. The van der Waals surface area contributed by atoms with Gasteiger partial charge in [-0.2, -0.15) is 0 Å². The number of likely N-dealkylation sites (tertiary alicyclic amines) is 1. The Labute approximate surface area is 128 Å². The first kappa shape index (κ1) is 14.5. The number of nitrogens with one attached hydrogen (secondary N) is 1. The quantitative estimate of drug-likeness (QED) is 0.923. The van der Waals surface area contributed by atoms with Gasteiger partial charge in [0.2, 0.25) is 0 Å². The predicted octanol–water partition coefficient (Wildman–Crippen LogP) is 1.82. The molecule has 0 radical (unpaired) electrons. The minimum atomic E-state index is -0.371. The maximum atomic E-state index is 12.4. The first-order valence-corrected chi connectivity index (χ1v) is 8.31. The van der Waals surface area contributed by atoms with Crippen molar-refractivity contribution >= 4 is 23.2 Å². The van der Waals surface area contributed by atoms with Gasteiger partial charge < -0.3 is 15.0 Å². The standard InChI is InChI=1S/C15H20N2O3S/c1-2-10(8-11-4-3-7-21-11)16-15(19)17-6-5-13-14(17)12(18)9-20-13/h3-4,7,10,13-14H,2,5-6,8-9H2,1H3,(H,16,19)/t10?,13-,14-/m1/s1. The van der Waals surface area contributed by atoms with E-state index in [1.807, 2.05) is 11.4 Å². The van der Waals surface area contributed by atoms with Crippen LogP contribution in [0.4, 0.5) is 4.79 Å². The molecule has 1 aromatic rings. The molecule has 3 rings (SSSR count). The van der Waals surface area contributed by atoms with Crippen molar-refractivity contribution in [1.29, 1.82) is 0 Å². The molecule has 1 N–H and O–H groups in total. The summed E-state index contributed by atoms with van der Waals surface area (Å²) in [6.07, 6.45) is 2.37. The van der Waals surface area contributed by atoms with Crippen molar-refractivity contribution in [1.82, 2.24) is 10.2 Å². The zero-order chi connectivity index (χ0) is 14.8. The Bertz CT molecular complexity index is 517. The summed E-state index contributed by atoms with van der Waals surface area (Å²) in [6, 6.07) is 3.70. The van der Waals surface area contributed by atoms with Crippen LogP contribution in [0.2, 0.25) is 0 Å². The van der Waals surface area contributed by atoms with Gasteiger partial charge in [0.15, 0.2) is 5.78 Å². The lowest BCUT2D eigenvalue weighted by Gasteiger charge is -2.25. The normalized spacial score (nSPS) is 26.0. The minimum absolute atomic E-state index is 0.0268. The van der Waals surface area contributed by atoms with Gasteiger partial charge in [0.1, 0.15) is 12.6 Å². The van der Waals surface area contributed by atoms with E-state index in [1.165, 1.54) is 4.88 Å². The average molecular weight is 308 g/mol. The van der Waals surface area contributed by atoms with Gasteiger partial charge >= 0.3 is 6.03 Å². The fourth-order valence-electron chi connectivity index (χ4n) is 3.05. The molecule has 2 aliphatic rings. The largest absolute Gasteiger partial charge is 0.368 e. The molecule has 3 heterocycles. The maximum absolute atomic E-state index is 12.4. The fourth-order valence-corrected chi connectivity index (χ4v) is 3.84. The van der Waals surface area contributed by atoms with E-state index in [4.69, 9.17) is 4.74 Å². The molecule has 2 fully saturated rings. The Morgan fingerprint density at radius 1 is 1.62 bits per heavy atom. The number of nitrogens with zero attached hydrogens (tertiary/aromatic N) is 1. The van der Waals surface area contributed by atoms with Gasteiger partial charge in [-0.25, -0.2) is 4.79 Å². The molecule has 21 heavy (non-hydrogen) atoms. The second kappa shape index (κ2) is 6.15. The number of thiophene rings is 1. The number of amides is 2. The Kier molecular flexibility index (Phi) is 4.26. The Hall–Kier alpha value is -1.40. The van der Waals surface area contributed by atoms with Crippen molar-refractivity contribution < 1.29 is 14.3 Å². The van der Waals surface area contributed by atoms with E-state index in [-0.39, 0.29) is 36.6 Å². The molecular formula is C15H20N2O3S. The van der Waals surface area contributed by atoms with Crippen molar-refractivity contribution in [2.75, 3.05) is 13.2 Å². The van der Waals surface area contributed by atoms with Crippen LogP contribution < -0.4 is 5.32 Å². The van der Waals surface area contributed by atoms with Gasteiger partial charge in [0, 0.05) is 23.9 Å². The highest BCUT2D eigenvalue weighted by Crippen LogP contribution is 2.27. The molecule has 2 saturated heterocycles. The van der Waals surface area contributed by atoms with Crippen molar-refractivity contribution in [3.05, 3.63) is 22.4 Å². The third-order valence-corrected chi connectivity index (χ3v) is 5.12. The molecule has 0 bridgehead atoms. The zero-order valence-electron chi connectivity index (χ0n) is 12.1. The van der Waals surface area contributed by atoms with E-state index < -0.39 is 0 Å². The lowest BCUT2D eigenvalue weighted by Crippen LogP contribution is -2.50. The number of ketones is 1. The van der Waals surface area contributed by atoms with E-state index in [9.17, 15) is 9.59 Å². The topological polar surface area (TPSA) is 58.6 Å². The van der Waals surface area contributed by atoms with E-state index in [0.717, 1.165) is 19.3 Å². The van der Waals surface area contributed by atoms with Crippen LogP contribution in [-0.4, -0.2) is 48.1 Å². The summed E-state index contributed by atoms with van der Waals surface area (Å²) in [5.74, 6) is 0.0268. The van der Waals surface area contributed by atoms with Crippen LogP contribution in [0.25, 0.3) is 0 Å². The summed E-state index contributed by atoms with van der Waals surface area (Å²) in [4.78, 5) is 27.2. The summed E-state index contributed by atoms with van der Waals surface area (Å²) in [5.41, 5.74) is 0. The highest BCUT2D eigenvalue weighted by atomic mass is 32.1. The van der Waals surface area contributed by atoms with Gasteiger partial charge in [-0.3, -0.25) is 4.79 Å². The third-order valence-electron chi connectivity index (χ3n) is 4.22. The molecule has 2 aliphatic heterocycles. The first-order chi connectivity index (χ1) is 10.2. The summed E-state index contributed by atoms with van der Waals surface area (Å²) in [5, 5.41) is 5.11. The van der Waals surface area contributed by atoms with E-state index >= 15 is 0 Å². The molecule has 5 nitrogen and oxygen atoms in total. The fraction of sp³-hybridized carbons (Fsp3) is 0.600. The molecule has 1 aromatic heterocycles. The lowest BCUT2D eigenvalue weighted by molar-refractivity contribution is -0.120. The smallest absolute Gasteiger partial charge is 0.318 e. The maximum Gasteiger partial charge on any atom is 0.318 e. The Morgan fingerprint density at radius 2 is 2.48 bits per heavy atom. The van der Waals surface area contributed by atoms with Gasteiger partial charge in [-0.15, -0.1) is 11.3 Å². The second-order valence-corrected chi connectivity index (χ2v) is 6.61. The number of ether oxygens (including phenoxy) is 1. The molecule has 0 aromatic carbocycles. The van der Waals surface area contributed by atoms with Crippen LogP contribution in [0.3, 0.4) is 0 Å². The van der Waals surface area contributed by atoms with Crippen LogP contribution in [0.1, 0.15) is 24.6 Å². The second-order valence-electron chi connectivity index (χ2n) is 5.58. The van der Waals surface area contributed by atoms with Crippen LogP contribution in [0.15, 0.2) is 17.5 Å². The summed E-state index contributed by atoms with van der Waals surface area (Å²) in [7, 11) is 0. The number of rotatable bonds is 4. The van der Waals surface area contributed by atoms with E-state index in [1.54, 1.807) is 16.2 Å². The monoisotopic (exact) mass is 308 g/mol. The molecular weight excluding hydrogens is 288 g/mol. The van der Waals surface area contributed by atoms with Gasteiger partial charge in [0.05, 0.1) is 6.10 Å². The Balaban J connectivity index is 1.61. The number of fused-ring (bicyclic) bond motifs is 1. The van der Waals surface area contributed by atoms with Crippen molar-refractivity contribution in [2.24, 2.45) is 0 Å². The van der Waals surface area contributed by atoms with Crippen molar-refractivity contribution in [2.45, 2.75) is 44.4 Å². The van der Waals surface area contributed by atoms with Crippen LogP contribution in [0.5, 0.6) is 0 Å². The molecule has 0 spiro atoms. The van der Waals surface area contributed by atoms with Crippen molar-refractivity contribution in [3.8, 4) is 0 Å². The molecule has 114 valence electrons. The highest BCUT2D eigenvalue weighted by molar-refractivity contribution is 7.09. The van der Waals surface area contributed by atoms with Crippen LogP contribution in [0, 0.1) is 0 Å². The Morgan fingerprint density at radius 3 is 3.19 bits per heavy atom. The number of carbonyl (C=O) groups excluding carboxylic acids is 2. The minimum Gasteiger partial charge on any atom is -0.368 e. The first-order valence-electron chi connectivity index (χ1n) is 7.43. The molecule has 3 atom stereocenters. The highest BCUT2D eigenvalue weighted by Gasteiger charge is 2.46. The van der Waals surface area contributed by atoms with Crippen LogP contribution in [-0.2, 0) is 16.0 Å². The third kappa shape index (κ3) is 2.96. The van der Waals surface area contributed by atoms with Crippen LogP contribution >= 0.6 is 11.3 Å². The molecule has 0 saturated carbocycles. The SMILES string of the molecule is CCC(Cc1cccs1)NC(=O)N1CC[C@H]2OCC(=O)[C@H]21. The van der Waals surface area contributed by atoms with E-state index in [2.05, 4.69) is 18.3 Å². The van der Waals surface area contributed by atoms with E-state index in [0.29, 0.717) is 6.54 Å². The zero-order valence-corrected chi connectivity index (χ0v) is 12.9. The predicted molar refractivity (Wildman–Crippen MR) is 80.5 cm³/mol.